The molecule has 0 aromatic carbocycles. The molecular formula is C12H17NO5. The van der Waals surface area contributed by atoms with E-state index in [1.165, 1.54) is 0 Å². The number of likely N-dealkylation sites (tertiary alicyclic amines) is 1. The number of hydrogen-bond donors (Lipinski definition) is 1. The summed E-state index contributed by atoms with van der Waals surface area (Å²) in [5, 5.41) is 9.22. The summed E-state index contributed by atoms with van der Waals surface area (Å²) < 4.78 is 5.25. The number of amides is 2. The van der Waals surface area contributed by atoms with Gasteiger partial charge in [0.2, 0.25) is 0 Å². The third kappa shape index (κ3) is 2.12. The number of carboxylic acid groups (broad SMARTS) is 1. The molecule has 2 rings (SSSR count). The average molecular weight is 255 g/mol. The number of imide groups is 1. The van der Waals surface area contributed by atoms with Crippen LogP contribution in [0.2, 0.25) is 0 Å². The molecule has 6 nitrogen and oxygen atoms in total. The summed E-state index contributed by atoms with van der Waals surface area (Å²) in [4.78, 5) is 36.3. The highest BCUT2D eigenvalue weighted by Gasteiger charge is 2.50. The van der Waals surface area contributed by atoms with Gasteiger partial charge in [-0.3, -0.25) is 14.5 Å². The van der Waals surface area contributed by atoms with Gasteiger partial charge in [-0.25, -0.2) is 4.79 Å². The van der Waals surface area contributed by atoms with Crippen molar-refractivity contribution in [3.8, 4) is 0 Å². The molecule has 0 aromatic heterocycles. The van der Waals surface area contributed by atoms with Crippen molar-refractivity contribution in [2.45, 2.75) is 51.4 Å². The number of morpholine rings is 1. The first kappa shape index (κ1) is 13.0. The van der Waals surface area contributed by atoms with Gasteiger partial charge in [-0.05, 0) is 25.2 Å². The Balaban J connectivity index is 2.25. The van der Waals surface area contributed by atoms with E-state index < -0.39 is 36.0 Å². The highest BCUT2D eigenvalue weighted by Crippen LogP contribution is 2.30. The molecule has 18 heavy (non-hydrogen) atoms. The number of rotatable bonds is 4. The molecule has 2 saturated heterocycles. The van der Waals surface area contributed by atoms with E-state index in [-0.39, 0.29) is 12.3 Å². The summed E-state index contributed by atoms with van der Waals surface area (Å²) in [5.74, 6) is -2.04. The number of carbonyl (C=O) groups is 3. The van der Waals surface area contributed by atoms with Crippen LogP contribution in [0.1, 0.15) is 33.1 Å². The molecule has 2 aliphatic heterocycles. The van der Waals surface area contributed by atoms with Crippen molar-refractivity contribution in [1.82, 2.24) is 4.90 Å². The summed E-state index contributed by atoms with van der Waals surface area (Å²) >= 11 is 0. The standard InChI is InChI=1S/C12H17NO5/c1-6(2)5-7(12(16)17)13-10(14)8-3-4-9(18-8)11(13)15/h6-9H,3-5H2,1-2H3,(H,16,17). The lowest BCUT2D eigenvalue weighted by molar-refractivity contribution is -0.176. The average Bonchev–Trinajstić information content (AvgIpc) is 2.71. The molecule has 2 amide bonds. The van der Waals surface area contributed by atoms with Gasteiger partial charge in [0.15, 0.2) is 0 Å². The molecule has 3 unspecified atom stereocenters. The molecule has 0 saturated carbocycles. The molecule has 2 heterocycles. The van der Waals surface area contributed by atoms with Crippen molar-refractivity contribution in [2.75, 3.05) is 0 Å². The maximum Gasteiger partial charge on any atom is 0.326 e. The Kier molecular flexibility index (Phi) is 3.38. The van der Waals surface area contributed by atoms with E-state index in [4.69, 9.17) is 4.74 Å². The second kappa shape index (κ2) is 4.68. The molecule has 0 spiro atoms. The largest absolute Gasteiger partial charge is 0.480 e. The topological polar surface area (TPSA) is 83.9 Å². The zero-order valence-corrected chi connectivity index (χ0v) is 10.5. The van der Waals surface area contributed by atoms with Gasteiger partial charge in [0.1, 0.15) is 18.2 Å². The Hall–Kier alpha value is -1.43. The van der Waals surface area contributed by atoms with E-state index >= 15 is 0 Å². The van der Waals surface area contributed by atoms with E-state index in [9.17, 15) is 19.5 Å². The fraction of sp³-hybridized carbons (Fsp3) is 0.750. The zero-order valence-electron chi connectivity index (χ0n) is 10.5. The first-order chi connectivity index (χ1) is 8.41. The van der Waals surface area contributed by atoms with Gasteiger partial charge in [-0.1, -0.05) is 13.8 Å². The number of fused-ring (bicyclic) bond motifs is 2. The van der Waals surface area contributed by atoms with Crippen molar-refractivity contribution in [3.63, 3.8) is 0 Å². The van der Waals surface area contributed by atoms with Crippen LogP contribution in [0.15, 0.2) is 0 Å². The van der Waals surface area contributed by atoms with Crippen LogP contribution in [0, 0.1) is 5.92 Å². The van der Waals surface area contributed by atoms with Gasteiger partial charge in [-0.15, -0.1) is 0 Å². The molecular weight excluding hydrogens is 238 g/mol. The minimum atomic E-state index is -1.13. The number of carbonyl (C=O) groups excluding carboxylic acids is 2. The Bertz CT molecular complexity index is 370. The smallest absolute Gasteiger partial charge is 0.326 e. The van der Waals surface area contributed by atoms with Crippen molar-refractivity contribution in [1.29, 1.82) is 0 Å². The van der Waals surface area contributed by atoms with E-state index in [0.717, 1.165) is 4.90 Å². The Morgan fingerprint density at radius 1 is 1.33 bits per heavy atom. The van der Waals surface area contributed by atoms with Crippen LogP contribution in [0.5, 0.6) is 0 Å². The summed E-state index contributed by atoms with van der Waals surface area (Å²) in [7, 11) is 0. The molecule has 0 aromatic rings. The van der Waals surface area contributed by atoms with Gasteiger partial charge in [-0.2, -0.15) is 0 Å². The molecule has 100 valence electrons. The molecule has 2 bridgehead atoms. The first-order valence-corrected chi connectivity index (χ1v) is 6.17. The molecule has 2 fully saturated rings. The predicted octanol–water partition coefficient (Wildman–Crippen LogP) is 0.402. The number of hydrogen-bond acceptors (Lipinski definition) is 4. The lowest BCUT2D eigenvalue weighted by Crippen LogP contribution is -2.58. The van der Waals surface area contributed by atoms with Crippen LogP contribution in [-0.2, 0) is 19.1 Å². The van der Waals surface area contributed by atoms with Gasteiger partial charge < -0.3 is 9.84 Å². The Morgan fingerprint density at radius 2 is 1.83 bits per heavy atom. The molecule has 2 aliphatic rings. The van der Waals surface area contributed by atoms with Crippen LogP contribution in [-0.4, -0.2) is 46.0 Å². The van der Waals surface area contributed by atoms with Crippen LogP contribution in [0.25, 0.3) is 0 Å². The minimum absolute atomic E-state index is 0.0900. The third-order valence-electron chi connectivity index (χ3n) is 3.34. The fourth-order valence-corrected chi connectivity index (χ4v) is 2.49. The van der Waals surface area contributed by atoms with Gasteiger partial charge >= 0.3 is 5.97 Å². The fourth-order valence-electron chi connectivity index (χ4n) is 2.49. The summed E-state index contributed by atoms with van der Waals surface area (Å²) in [6.45, 7) is 3.72. The van der Waals surface area contributed by atoms with Crippen LogP contribution < -0.4 is 0 Å². The number of ether oxygens (including phenoxy) is 1. The molecule has 0 radical (unpaired) electrons. The summed E-state index contributed by atoms with van der Waals surface area (Å²) in [5.41, 5.74) is 0. The Morgan fingerprint density at radius 3 is 2.22 bits per heavy atom. The highest BCUT2D eigenvalue weighted by molar-refractivity contribution is 6.05. The van der Waals surface area contributed by atoms with Crippen molar-refractivity contribution in [2.24, 2.45) is 5.92 Å². The molecule has 3 atom stereocenters. The van der Waals surface area contributed by atoms with E-state index in [0.29, 0.717) is 12.8 Å². The van der Waals surface area contributed by atoms with Crippen LogP contribution >= 0.6 is 0 Å². The quantitative estimate of drug-likeness (QED) is 0.735. The van der Waals surface area contributed by atoms with Crippen LogP contribution in [0.4, 0.5) is 0 Å². The second-order valence-electron chi connectivity index (χ2n) is 5.22. The maximum absolute atomic E-state index is 12.0. The van der Waals surface area contributed by atoms with Crippen molar-refractivity contribution < 1.29 is 24.2 Å². The number of nitrogens with zero attached hydrogens (tertiary/aromatic N) is 1. The summed E-state index contributed by atoms with van der Waals surface area (Å²) in [6, 6.07) is -1.07. The van der Waals surface area contributed by atoms with E-state index in [1.807, 2.05) is 13.8 Å². The third-order valence-corrected chi connectivity index (χ3v) is 3.34. The zero-order chi connectivity index (χ0) is 13.4. The van der Waals surface area contributed by atoms with Crippen molar-refractivity contribution >= 4 is 17.8 Å². The second-order valence-corrected chi connectivity index (χ2v) is 5.22. The first-order valence-electron chi connectivity index (χ1n) is 6.17. The molecule has 0 aliphatic carbocycles. The molecule has 6 heteroatoms. The summed E-state index contributed by atoms with van der Waals surface area (Å²) in [6.07, 6.45) is -0.00500. The van der Waals surface area contributed by atoms with Gasteiger partial charge in [0, 0.05) is 0 Å². The lowest BCUT2D eigenvalue weighted by atomic mass is 10.0. The normalized spacial score (nSPS) is 28.9. The van der Waals surface area contributed by atoms with Gasteiger partial charge in [0.25, 0.3) is 11.8 Å². The predicted molar refractivity (Wildman–Crippen MR) is 60.6 cm³/mol. The lowest BCUT2D eigenvalue weighted by Gasteiger charge is -2.34. The van der Waals surface area contributed by atoms with E-state index in [2.05, 4.69) is 0 Å². The monoisotopic (exact) mass is 255 g/mol. The van der Waals surface area contributed by atoms with Gasteiger partial charge in [0.05, 0.1) is 0 Å². The number of aliphatic carboxylic acids is 1. The van der Waals surface area contributed by atoms with E-state index in [1.54, 1.807) is 0 Å². The Labute approximate surface area is 105 Å². The highest BCUT2D eigenvalue weighted by atomic mass is 16.5. The minimum Gasteiger partial charge on any atom is -0.480 e. The maximum atomic E-state index is 12.0. The molecule has 1 N–H and O–H groups in total. The van der Waals surface area contributed by atoms with Crippen molar-refractivity contribution in [3.05, 3.63) is 0 Å². The SMILES string of the molecule is CC(C)CC(C(=O)O)N1C(=O)C2CCC(O2)C1=O. The van der Waals surface area contributed by atoms with Crippen LogP contribution in [0.3, 0.4) is 0 Å². The number of carboxylic acids is 1.